The topological polar surface area (TPSA) is 130 Å². The van der Waals surface area contributed by atoms with Gasteiger partial charge in [0.1, 0.15) is 5.82 Å². The first kappa shape index (κ1) is 23.2. The van der Waals surface area contributed by atoms with E-state index in [1.54, 1.807) is 17.0 Å². The lowest BCUT2D eigenvalue weighted by atomic mass is 9.68. The quantitative estimate of drug-likeness (QED) is 0.620. The zero-order valence-electron chi connectivity index (χ0n) is 18.2. The molecule has 0 saturated heterocycles. The van der Waals surface area contributed by atoms with Crippen LogP contribution in [-0.4, -0.2) is 14.2 Å². The summed E-state index contributed by atoms with van der Waals surface area (Å²) < 4.78 is 24.2. The molecule has 0 aromatic heterocycles. The van der Waals surface area contributed by atoms with Crippen molar-refractivity contribution in [2.45, 2.75) is 37.5 Å². The summed E-state index contributed by atoms with van der Waals surface area (Å²) in [7, 11) is -3.86. The highest BCUT2D eigenvalue weighted by molar-refractivity contribution is 9.10. The number of nitriles is 1. The van der Waals surface area contributed by atoms with E-state index in [-0.39, 0.29) is 27.5 Å². The number of ketones is 1. The molecule has 33 heavy (non-hydrogen) atoms. The smallest absolute Gasteiger partial charge is 0.238 e. The van der Waals surface area contributed by atoms with Gasteiger partial charge in [-0.25, -0.2) is 13.6 Å². The fourth-order valence-electron chi connectivity index (χ4n) is 4.61. The predicted octanol–water partition coefficient (Wildman–Crippen LogP) is 4.04. The molecule has 2 aromatic carbocycles. The van der Waals surface area contributed by atoms with Gasteiger partial charge in [0, 0.05) is 27.9 Å². The maximum absolute atomic E-state index is 13.5. The van der Waals surface area contributed by atoms with E-state index in [0.717, 1.165) is 15.7 Å². The van der Waals surface area contributed by atoms with E-state index < -0.39 is 15.9 Å². The molecule has 4 rings (SSSR count). The summed E-state index contributed by atoms with van der Waals surface area (Å²) in [6.45, 7) is 4.04. The molecular formula is C24H23BrN4O3S. The van der Waals surface area contributed by atoms with E-state index in [4.69, 9.17) is 10.9 Å². The molecule has 4 N–H and O–H groups in total. The molecule has 9 heteroatoms. The van der Waals surface area contributed by atoms with Crippen molar-refractivity contribution in [2.75, 3.05) is 4.90 Å². The number of primary sulfonamides is 1. The summed E-state index contributed by atoms with van der Waals surface area (Å²) in [5.41, 5.74) is 9.16. The van der Waals surface area contributed by atoms with Gasteiger partial charge in [0.15, 0.2) is 5.78 Å². The highest BCUT2D eigenvalue weighted by Crippen LogP contribution is 2.51. The second kappa shape index (κ2) is 8.13. The molecule has 0 amide bonds. The van der Waals surface area contributed by atoms with Crippen LogP contribution in [0.5, 0.6) is 0 Å². The molecule has 1 aliphatic heterocycles. The van der Waals surface area contributed by atoms with Gasteiger partial charge in [0.05, 0.1) is 22.5 Å². The van der Waals surface area contributed by atoms with E-state index in [1.165, 1.54) is 12.1 Å². The summed E-state index contributed by atoms with van der Waals surface area (Å²) in [4.78, 5) is 15.2. The number of Topliss-reactive ketones (excluding diaryl/α,β-unsaturated/α-hetero) is 1. The van der Waals surface area contributed by atoms with Crippen LogP contribution in [0.25, 0.3) is 0 Å². The first-order valence-electron chi connectivity index (χ1n) is 10.3. The molecular weight excluding hydrogens is 504 g/mol. The molecule has 1 unspecified atom stereocenters. The minimum absolute atomic E-state index is 0.0339. The van der Waals surface area contributed by atoms with Crippen LogP contribution in [-0.2, 0) is 14.8 Å². The lowest BCUT2D eigenvalue weighted by Gasteiger charge is -2.44. The number of nitrogens with two attached hydrogens (primary N) is 2. The summed E-state index contributed by atoms with van der Waals surface area (Å²) in [6.07, 6.45) is 0.912. The molecule has 7 nitrogen and oxygen atoms in total. The highest BCUT2D eigenvalue weighted by atomic mass is 79.9. The number of nitrogens with zero attached hydrogens (tertiary/aromatic N) is 2. The summed E-state index contributed by atoms with van der Waals surface area (Å²) in [5, 5.41) is 15.4. The number of carbonyl (C=O) groups excluding carboxylic acids is 1. The van der Waals surface area contributed by atoms with Gasteiger partial charge in [-0.2, -0.15) is 5.26 Å². The van der Waals surface area contributed by atoms with Crippen LogP contribution in [0.4, 0.5) is 5.69 Å². The lowest BCUT2D eigenvalue weighted by molar-refractivity contribution is -0.118. The second-order valence-electron chi connectivity index (χ2n) is 9.04. The number of anilines is 1. The zero-order valence-corrected chi connectivity index (χ0v) is 20.6. The molecule has 1 aliphatic carbocycles. The fourth-order valence-corrected chi connectivity index (χ4v) is 5.64. The van der Waals surface area contributed by atoms with E-state index in [9.17, 15) is 18.5 Å². The van der Waals surface area contributed by atoms with E-state index >= 15 is 0 Å². The Hall–Kier alpha value is -2.93. The van der Waals surface area contributed by atoms with Crippen molar-refractivity contribution in [1.82, 2.24) is 0 Å². The van der Waals surface area contributed by atoms with Crippen LogP contribution in [0, 0.1) is 16.7 Å². The SMILES string of the molecule is CC1(C)CC(=O)C2=C(C1)N(c1ccc(S(N)(=O)=O)cc1)C(N)=C(C#N)C2c1ccccc1Br. The molecule has 0 bridgehead atoms. The van der Waals surface area contributed by atoms with Gasteiger partial charge in [-0.1, -0.05) is 48.0 Å². The number of allylic oxidation sites excluding steroid dienone is 3. The van der Waals surface area contributed by atoms with Crippen LogP contribution in [0.3, 0.4) is 0 Å². The number of sulfonamides is 1. The molecule has 1 atom stereocenters. The van der Waals surface area contributed by atoms with Gasteiger partial charge < -0.3 is 5.73 Å². The van der Waals surface area contributed by atoms with Crippen LogP contribution in [0.2, 0.25) is 0 Å². The third kappa shape index (κ3) is 4.10. The summed E-state index contributed by atoms with van der Waals surface area (Å²) in [6, 6.07) is 15.7. The monoisotopic (exact) mass is 526 g/mol. The number of rotatable bonds is 3. The second-order valence-corrected chi connectivity index (χ2v) is 11.5. The number of benzene rings is 2. The normalized spacial score (nSPS) is 20.5. The third-order valence-corrected chi connectivity index (χ3v) is 7.67. The van der Waals surface area contributed by atoms with Gasteiger partial charge in [-0.15, -0.1) is 0 Å². The number of hydrogen-bond acceptors (Lipinski definition) is 6. The van der Waals surface area contributed by atoms with Crippen LogP contribution < -0.4 is 15.8 Å². The zero-order chi connectivity index (χ0) is 24.1. The van der Waals surface area contributed by atoms with Crippen LogP contribution >= 0.6 is 15.9 Å². The van der Waals surface area contributed by atoms with Crippen LogP contribution in [0.1, 0.15) is 38.2 Å². The Morgan fingerprint density at radius 2 is 1.76 bits per heavy atom. The lowest BCUT2D eigenvalue weighted by Crippen LogP contribution is -2.42. The Bertz CT molecular complexity index is 1370. The first-order valence-corrected chi connectivity index (χ1v) is 12.6. The largest absolute Gasteiger partial charge is 0.384 e. The third-order valence-electron chi connectivity index (χ3n) is 6.02. The molecule has 170 valence electrons. The van der Waals surface area contributed by atoms with Gasteiger partial charge >= 0.3 is 0 Å². The Kier molecular flexibility index (Phi) is 5.73. The van der Waals surface area contributed by atoms with E-state index in [1.807, 2.05) is 38.1 Å². The average molecular weight is 527 g/mol. The fraction of sp³-hybridized carbons (Fsp3) is 0.250. The Morgan fingerprint density at radius 1 is 1.12 bits per heavy atom. The number of hydrogen-bond donors (Lipinski definition) is 2. The summed E-state index contributed by atoms with van der Waals surface area (Å²) in [5.74, 6) is -0.414. The maximum atomic E-state index is 13.5. The molecule has 2 aliphatic rings. The van der Waals surface area contributed by atoms with Gasteiger partial charge in [0.2, 0.25) is 10.0 Å². The average Bonchev–Trinajstić information content (AvgIpc) is 2.72. The number of halogens is 1. The predicted molar refractivity (Wildman–Crippen MR) is 129 cm³/mol. The van der Waals surface area contributed by atoms with Gasteiger partial charge in [-0.3, -0.25) is 9.69 Å². The minimum atomic E-state index is -3.86. The standard InChI is InChI=1S/C24H23BrN4O3S/c1-24(2)11-19-22(20(30)12-24)21(16-5-3-4-6-18(16)25)17(13-26)23(27)29(19)14-7-9-15(10-8-14)33(28,31)32/h3-10,21H,11-12,27H2,1-2H3,(H2,28,31,32). The van der Waals surface area contributed by atoms with Crippen molar-refractivity contribution in [3.8, 4) is 6.07 Å². The van der Waals surface area contributed by atoms with Crippen LogP contribution in [0.15, 0.2) is 80.6 Å². The van der Waals surface area contributed by atoms with Crippen molar-refractivity contribution in [3.05, 3.63) is 81.2 Å². The Balaban J connectivity index is 1.98. The first-order chi connectivity index (χ1) is 15.4. The number of carbonyl (C=O) groups is 1. The van der Waals surface area contributed by atoms with Gasteiger partial charge in [0.25, 0.3) is 0 Å². The highest BCUT2D eigenvalue weighted by Gasteiger charge is 2.45. The maximum Gasteiger partial charge on any atom is 0.238 e. The molecule has 0 radical (unpaired) electrons. The Morgan fingerprint density at radius 3 is 2.33 bits per heavy atom. The van der Waals surface area contributed by atoms with Crippen molar-refractivity contribution in [2.24, 2.45) is 16.3 Å². The molecule has 0 fully saturated rings. The Labute approximate surface area is 201 Å². The molecule has 2 aromatic rings. The van der Waals surface area contributed by atoms with E-state index in [2.05, 4.69) is 22.0 Å². The summed E-state index contributed by atoms with van der Waals surface area (Å²) >= 11 is 3.56. The minimum Gasteiger partial charge on any atom is -0.384 e. The van der Waals surface area contributed by atoms with Crippen molar-refractivity contribution >= 4 is 37.4 Å². The molecule has 0 spiro atoms. The van der Waals surface area contributed by atoms with Crippen molar-refractivity contribution in [3.63, 3.8) is 0 Å². The van der Waals surface area contributed by atoms with Crippen molar-refractivity contribution in [1.29, 1.82) is 5.26 Å². The van der Waals surface area contributed by atoms with Gasteiger partial charge in [-0.05, 0) is 47.7 Å². The molecule has 0 saturated carbocycles. The van der Waals surface area contributed by atoms with E-state index in [0.29, 0.717) is 24.1 Å². The van der Waals surface area contributed by atoms with Crippen molar-refractivity contribution < 1.29 is 13.2 Å². The molecule has 1 heterocycles.